The number of carbonyl (C=O) groups excluding carboxylic acids is 2. The van der Waals surface area contributed by atoms with E-state index in [1.165, 1.54) is 0 Å². The van der Waals surface area contributed by atoms with Crippen LogP contribution in [0.4, 0.5) is 0 Å². The largest absolute Gasteiger partial charge is 0.348 e. The Morgan fingerprint density at radius 1 is 1.10 bits per heavy atom. The van der Waals surface area contributed by atoms with Crippen LogP contribution in [-0.2, 0) is 9.59 Å². The van der Waals surface area contributed by atoms with Crippen molar-refractivity contribution in [2.24, 2.45) is 0 Å². The quantitative estimate of drug-likeness (QED) is 0.687. The van der Waals surface area contributed by atoms with Gasteiger partial charge in [0.15, 0.2) is 0 Å². The third-order valence-corrected chi connectivity index (χ3v) is 4.03. The molecule has 0 radical (unpaired) electrons. The molecule has 0 saturated carbocycles. The molecule has 1 unspecified atom stereocenters. The summed E-state index contributed by atoms with van der Waals surface area (Å²) in [4.78, 5) is 31.7. The van der Waals surface area contributed by atoms with Gasteiger partial charge in [-0.15, -0.1) is 0 Å². The van der Waals surface area contributed by atoms with Gasteiger partial charge in [0.25, 0.3) is 0 Å². The Kier molecular flexibility index (Phi) is 6.42. The molecule has 0 N–H and O–H groups in total. The van der Waals surface area contributed by atoms with Crippen molar-refractivity contribution in [3.8, 4) is 0 Å². The van der Waals surface area contributed by atoms with Gasteiger partial charge in [0, 0.05) is 40.3 Å². The van der Waals surface area contributed by atoms with E-state index in [0.29, 0.717) is 0 Å². The van der Waals surface area contributed by atoms with Crippen LogP contribution in [-0.4, -0.2) is 97.9 Å². The molecule has 0 bridgehead atoms. The van der Waals surface area contributed by atoms with Crippen LogP contribution in [0.1, 0.15) is 13.8 Å². The van der Waals surface area contributed by atoms with Crippen LogP contribution < -0.4 is 0 Å². The van der Waals surface area contributed by atoms with Crippen molar-refractivity contribution in [3.05, 3.63) is 0 Å². The number of hydrogen-bond donors (Lipinski definition) is 0. The summed E-state index contributed by atoms with van der Waals surface area (Å²) in [6.45, 7) is 8.77. The molecule has 0 aromatic heterocycles. The van der Waals surface area contributed by atoms with Crippen molar-refractivity contribution >= 4 is 11.8 Å². The van der Waals surface area contributed by atoms with E-state index in [2.05, 4.69) is 11.8 Å². The summed E-state index contributed by atoms with van der Waals surface area (Å²) in [5.74, 6) is 0.137. The Hall–Kier alpha value is -1.14. The van der Waals surface area contributed by atoms with E-state index in [1.54, 1.807) is 19.0 Å². The normalized spacial score (nSPS) is 18.2. The van der Waals surface area contributed by atoms with Gasteiger partial charge in [0.1, 0.15) is 0 Å². The first kappa shape index (κ1) is 16.9. The summed E-state index contributed by atoms with van der Waals surface area (Å²) >= 11 is 0. The molecule has 1 saturated heterocycles. The zero-order valence-electron chi connectivity index (χ0n) is 13.4. The molecule has 1 aliphatic rings. The second-order valence-corrected chi connectivity index (χ2v) is 5.64. The Morgan fingerprint density at radius 3 is 2.10 bits per heavy atom. The lowest BCUT2D eigenvalue weighted by Gasteiger charge is -2.37. The summed E-state index contributed by atoms with van der Waals surface area (Å²) < 4.78 is 0. The van der Waals surface area contributed by atoms with Gasteiger partial charge in [-0.05, 0) is 20.5 Å². The van der Waals surface area contributed by atoms with Crippen LogP contribution in [0.25, 0.3) is 0 Å². The maximum atomic E-state index is 12.4. The fraction of sp³-hybridized carbons (Fsp3) is 0.857. The van der Waals surface area contributed by atoms with E-state index in [1.807, 2.05) is 23.8 Å². The second kappa shape index (κ2) is 7.59. The molecule has 1 rings (SSSR count). The molecule has 1 fully saturated rings. The van der Waals surface area contributed by atoms with Crippen LogP contribution in [0, 0.1) is 0 Å². The second-order valence-electron chi connectivity index (χ2n) is 5.64. The first-order chi connectivity index (χ1) is 9.36. The fourth-order valence-electron chi connectivity index (χ4n) is 2.23. The summed E-state index contributed by atoms with van der Waals surface area (Å²) in [5.41, 5.74) is 0. The van der Waals surface area contributed by atoms with E-state index in [9.17, 15) is 9.59 Å². The van der Waals surface area contributed by atoms with Crippen LogP contribution in [0.15, 0.2) is 0 Å². The van der Waals surface area contributed by atoms with E-state index in [0.717, 1.165) is 32.7 Å². The van der Waals surface area contributed by atoms with Gasteiger partial charge in [-0.1, -0.05) is 6.92 Å². The lowest BCUT2D eigenvalue weighted by Crippen LogP contribution is -2.54. The standard InChI is InChI=1S/C14H28N4O2/c1-6-17-7-9-18(10-8-17)14(20)12(2)16(5)11-13(19)15(3)4/h12H,6-11H2,1-5H3. The molecule has 1 aliphatic heterocycles. The molecule has 0 aliphatic carbocycles. The molecule has 1 atom stereocenters. The summed E-state index contributed by atoms with van der Waals surface area (Å²) in [5, 5.41) is 0. The highest BCUT2D eigenvalue weighted by molar-refractivity contribution is 5.83. The predicted octanol–water partition coefficient (Wildman–Crippen LogP) is -0.441. The Morgan fingerprint density at radius 2 is 1.65 bits per heavy atom. The van der Waals surface area contributed by atoms with Crippen LogP contribution in [0.5, 0.6) is 0 Å². The Bertz CT molecular complexity index is 338. The first-order valence-electron chi connectivity index (χ1n) is 7.28. The summed E-state index contributed by atoms with van der Waals surface area (Å²) in [6, 6.07) is -0.257. The molecule has 116 valence electrons. The average molecular weight is 284 g/mol. The minimum Gasteiger partial charge on any atom is -0.348 e. The van der Waals surface area contributed by atoms with Crippen LogP contribution in [0.2, 0.25) is 0 Å². The van der Waals surface area contributed by atoms with Gasteiger partial charge >= 0.3 is 0 Å². The summed E-state index contributed by atoms with van der Waals surface area (Å²) in [6.07, 6.45) is 0. The van der Waals surface area contributed by atoms with E-state index >= 15 is 0 Å². The Balaban J connectivity index is 2.48. The lowest BCUT2D eigenvalue weighted by molar-refractivity contribution is -0.139. The van der Waals surface area contributed by atoms with Crippen LogP contribution in [0.3, 0.4) is 0 Å². The lowest BCUT2D eigenvalue weighted by atomic mass is 10.2. The monoisotopic (exact) mass is 284 g/mol. The Labute approximate surface area is 122 Å². The van der Waals surface area contributed by atoms with Crippen molar-refractivity contribution in [1.82, 2.24) is 19.6 Å². The predicted molar refractivity (Wildman–Crippen MR) is 79.5 cm³/mol. The molecule has 1 heterocycles. The van der Waals surface area contributed by atoms with Gasteiger partial charge in [0.2, 0.25) is 11.8 Å². The zero-order valence-corrected chi connectivity index (χ0v) is 13.4. The maximum absolute atomic E-state index is 12.4. The number of rotatable bonds is 5. The van der Waals surface area contributed by atoms with Crippen molar-refractivity contribution in [3.63, 3.8) is 0 Å². The molecule has 0 aromatic rings. The summed E-state index contributed by atoms with van der Waals surface area (Å²) in [7, 11) is 5.28. The number of amides is 2. The van der Waals surface area contributed by atoms with E-state index < -0.39 is 0 Å². The highest BCUT2D eigenvalue weighted by atomic mass is 16.2. The molecular weight excluding hydrogens is 256 g/mol. The zero-order chi connectivity index (χ0) is 15.3. The number of likely N-dealkylation sites (N-methyl/N-ethyl adjacent to an activating group) is 3. The number of carbonyl (C=O) groups is 2. The van der Waals surface area contributed by atoms with Gasteiger partial charge < -0.3 is 14.7 Å². The van der Waals surface area contributed by atoms with Gasteiger partial charge in [-0.25, -0.2) is 0 Å². The van der Waals surface area contributed by atoms with Gasteiger partial charge in [-0.2, -0.15) is 0 Å². The molecule has 2 amide bonds. The SMILES string of the molecule is CCN1CCN(C(=O)C(C)N(C)CC(=O)N(C)C)CC1. The topological polar surface area (TPSA) is 47.1 Å². The van der Waals surface area contributed by atoms with Crippen LogP contribution >= 0.6 is 0 Å². The number of piperazine rings is 1. The third-order valence-electron chi connectivity index (χ3n) is 4.03. The smallest absolute Gasteiger partial charge is 0.239 e. The maximum Gasteiger partial charge on any atom is 0.239 e. The molecular formula is C14H28N4O2. The highest BCUT2D eigenvalue weighted by Crippen LogP contribution is 2.07. The number of nitrogens with zero attached hydrogens (tertiary/aromatic N) is 4. The van der Waals surface area contributed by atoms with Crippen molar-refractivity contribution in [2.75, 3.05) is 60.4 Å². The molecule has 0 aromatic carbocycles. The highest BCUT2D eigenvalue weighted by Gasteiger charge is 2.27. The minimum atomic E-state index is -0.257. The molecule has 6 heteroatoms. The average Bonchev–Trinajstić information content (AvgIpc) is 2.45. The molecule has 20 heavy (non-hydrogen) atoms. The van der Waals surface area contributed by atoms with Gasteiger partial charge in [-0.3, -0.25) is 14.5 Å². The van der Waals surface area contributed by atoms with Crippen molar-refractivity contribution in [1.29, 1.82) is 0 Å². The molecule has 6 nitrogen and oxygen atoms in total. The van der Waals surface area contributed by atoms with E-state index in [-0.39, 0.29) is 24.4 Å². The van der Waals surface area contributed by atoms with Gasteiger partial charge in [0.05, 0.1) is 12.6 Å². The number of hydrogen-bond acceptors (Lipinski definition) is 4. The molecule has 0 spiro atoms. The van der Waals surface area contributed by atoms with E-state index in [4.69, 9.17) is 0 Å². The van der Waals surface area contributed by atoms with Crippen molar-refractivity contribution in [2.45, 2.75) is 19.9 Å². The first-order valence-corrected chi connectivity index (χ1v) is 7.28. The fourth-order valence-corrected chi connectivity index (χ4v) is 2.23. The third kappa shape index (κ3) is 4.45. The van der Waals surface area contributed by atoms with Crippen molar-refractivity contribution < 1.29 is 9.59 Å². The minimum absolute atomic E-state index is 0.0166.